The van der Waals surface area contributed by atoms with Crippen molar-refractivity contribution >= 4 is 46.4 Å². The first-order chi connectivity index (χ1) is 12.0. The van der Waals surface area contributed by atoms with Crippen molar-refractivity contribution in [3.8, 4) is 5.75 Å². The maximum atomic E-state index is 12.7. The average Bonchev–Trinajstić information content (AvgIpc) is 2.81. The van der Waals surface area contributed by atoms with Gasteiger partial charge < -0.3 is 10.1 Å². The molecule has 0 bridgehead atoms. The van der Waals surface area contributed by atoms with Crippen LogP contribution in [0.5, 0.6) is 5.75 Å². The summed E-state index contributed by atoms with van der Waals surface area (Å²) in [4.78, 5) is 14.7. The van der Waals surface area contributed by atoms with Gasteiger partial charge in [0.15, 0.2) is 0 Å². The number of nitrogens with one attached hydrogen (secondary N) is 1. The molecule has 0 aliphatic carbocycles. The number of carbonyl (C=O) groups is 1. The van der Waals surface area contributed by atoms with Gasteiger partial charge in [-0.15, -0.1) is 0 Å². The van der Waals surface area contributed by atoms with E-state index in [1.165, 1.54) is 6.07 Å². The number of fused-ring (bicyclic) bond motifs is 1. The molecule has 1 amide bonds. The number of benzene rings is 2. The van der Waals surface area contributed by atoms with Gasteiger partial charge in [0.05, 0.1) is 26.8 Å². The molecule has 25 heavy (non-hydrogen) atoms. The summed E-state index contributed by atoms with van der Waals surface area (Å²) in [6.07, 6.45) is 0. The van der Waals surface area contributed by atoms with Crippen molar-refractivity contribution in [1.29, 1.82) is 0 Å². The zero-order valence-electron chi connectivity index (χ0n) is 13.6. The third-order valence-corrected chi connectivity index (χ3v) is 5.21. The third kappa shape index (κ3) is 4.21. The first kappa shape index (κ1) is 18.3. The van der Waals surface area contributed by atoms with E-state index in [1.54, 1.807) is 6.07 Å². The molecule has 132 valence electrons. The van der Waals surface area contributed by atoms with Crippen molar-refractivity contribution < 1.29 is 9.53 Å². The molecule has 1 aliphatic heterocycles. The van der Waals surface area contributed by atoms with Crippen LogP contribution in [0.4, 0.5) is 5.69 Å². The van der Waals surface area contributed by atoms with Gasteiger partial charge in [0.1, 0.15) is 12.4 Å². The van der Waals surface area contributed by atoms with Crippen molar-refractivity contribution in [3.63, 3.8) is 0 Å². The average molecular weight is 400 g/mol. The van der Waals surface area contributed by atoms with Crippen molar-refractivity contribution in [1.82, 2.24) is 4.90 Å². The van der Waals surface area contributed by atoms with Crippen LogP contribution in [-0.4, -0.2) is 30.0 Å². The van der Waals surface area contributed by atoms with E-state index in [2.05, 4.69) is 10.2 Å². The standard InChI is InChI=1S/C18H17Cl3N2O2/c1-11(18(24)22-16-9-14(20)13(19)8-15(16)21)23-6-7-25-17-5-3-2-4-12(17)10-23/h2-5,8-9,11H,6-7,10H2,1H3,(H,22,24). The lowest BCUT2D eigenvalue weighted by Crippen LogP contribution is -2.42. The Morgan fingerprint density at radius 1 is 1.16 bits per heavy atom. The fourth-order valence-corrected chi connectivity index (χ4v) is 3.29. The van der Waals surface area contributed by atoms with Gasteiger partial charge in [-0.3, -0.25) is 9.69 Å². The second-order valence-corrected chi connectivity index (χ2v) is 7.06. The summed E-state index contributed by atoms with van der Waals surface area (Å²) in [5, 5.41) is 3.86. The molecular weight excluding hydrogens is 383 g/mol. The molecule has 1 aliphatic rings. The highest BCUT2D eigenvalue weighted by atomic mass is 35.5. The molecule has 3 rings (SSSR count). The van der Waals surface area contributed by atoms with Crippen LogP contribution < -0.4 is 10.1 Å². The lowest BCUT2D eigenvalue weighted by molar-refractivity contribution is -0.121. The molecule has 1 unspecified atom stereocenters. The van der Waals surface area contributed by atoms with Gasteiger partial charge in [-0.05, 0) is 25.1 Å². The Kier molecular flexibility index (Phi) is 5.74. The number of para-hydroxylation sites is 1. The maximum absolute atomic E-state index is 12.7. The molecule has 0 saturated heterocycles. The highest BCUT2D eigenvalue weighted by Crippen LogP contribution is 2.32. The van der Waals surface area contributed by atoms with Crippen LogP contribution in [0.25, 0.3) is 0 Å². The summed E-state index contributed by atoms with van der Waals surface area (Å²) in [5.41, 5.74) is 1.51. The minimum atomic E-state index is -0.361. The second-order valence-electron chi connectivity index (χ2n) is 5.84. The first-order valence-electron chi connectivity index (χ1n) is 7.86. The zero-order chi connectivity index (χ0) is 18.0. The maximum Gasteiger partial charge on any atom is 0.241 e. The molecule has 0 saturated carbocycles. The van der Waals surface area contributed by atoms with E-state index in [-0.39, 0.29) is 11.9 Å². The van der Waals surface area contributed by atoms with Gasteiger partial charge in [0.25, 0.3) is 0 Å². The number of hydrogen-bond acceptors (Lipinski definition) is 3. The Morgan fingerprint density at radius 3 is 2.68 bits per heavy atom. The van der Waals surface area contributed by atoms with Crippen molar-refractivity contribution in [3.05, 3.63) is 57.0 Å². The molecule has 1 heterocycles. The fraction of sp³-hybridized carbons (Fsp3) is 0.278. The SMILES string of the molecule is CC(C(=O)Nc1cc(Cl)c(Cl)cc1Cl)N1CCOc2ccccc2C1. The summed E-state index contributed by atoms with van der Waals surface area (Å²) in [6.45, 7) is 3.68. The number of anilines is 1. The molecule has 0 spiro atoms. The Bertz CT molecular complexity index is 798. The number of hydrogen-bond donors (Lipinski definition) is 1. The number of nitrogens with zero attached hydrogens (tertiary/aromatic N) is 1. The number of rotatable bonds is 3. The van der Waals surface area contributed by atoms with E-state index in [9.17, 15) is 4.79 Å². The molecule has 2 aromatic rings. The number of ether oxygens (including phenoxy) is 1. The minimum Gasteiger partial charge on any atom is -0.492 e. The van der Waals surface area contributed by atoms with E-state index in [4.69, 9.17) is 39.5 Å². The van der Waals surface area contributed by atoms with Crippen molar-refractivity contribution in [2.75, 3.05) is 18.5 Å². The van der Waals surface area contributed by atoms with Crippen LogP contribution in [0, 0.1) is 0 Å². The van der Waals surface area contributed by atoms with E-state index in [0.29, 0.717) is 40.5 Å². The minimum absolute atomic E-state index is 0.167. The highest BCUT2D eigenvalue weighted by Gasteiger charge is 2.25. The van der Waals surface area contributed by atoms with Crippen LogP contribution in [0.1, 0.15) is 12.5 Å². The summed E-state index contributed by atoms with van der Waals surface area (Å²) in [6, 6.07) is 10.6. The lowest BCUT2D eigenvalue weighted by Gasteiger charge is -2.26. The van der Waals surface area contributed by atoms with Crippen LogP contribution in [-0.2, 0) is 11.3 Å². The topological polar surface area (TPSA) is 41.6 Å². The molecule has 0 fully saturated rings. The number of amides is 1. The second kappa shape index (κ2) is 7.83. The van der Waals surface area contributed by atoms with Gasteiger partial charge in [-0.1, -0.05) is 53.0 Å². The number of halogens is 3. The fourth-order valence-electron chi connectivity index (χ4n) is 2.70. The van der Waals surface area contributed by atoms with Gasteiger partial charge in [-0.25, -0.2) is 0 Å². The molecule has 2 aromatic carbocycles. The first-order valence-corrected chi connectivity index (χ1v) is 8.99. The van der Waals surface area contributed by atoms with Crippen molar-refractivity contribution in [2.24, 2.45) is 0 Å². The Hall–Kier alpha value is -1.46. The third-order valence-electron chi connectivity index (χ3n) is 4.18. The Morgan fingerprint density at radius 2 is 1.88 bits per heavy atom. The predicted octanol–water partition coefficient (Wildman–Crippen LogP) is 4.87. The summed E-state index contributed by atoms with van der Waals surface area (Å²) in [5.74, 6) is 0.699. The van der Waals surface area contributed by atoms with Crippen LogP contribution in [0.15, 0.2) is 36.4 Å². The molecule has 4 nitrogen and oxygen atoms in total. The normalized spacial score (nSPS) is 15.7. The van der Waals surface area contributed by atoms with E-state index < -0.39 is 0 Å². The molecule has 1 N–H and O–H groups in total. The van der Waals surface area contributed by atoms with E-state index >= 15 is 0 Å². The van der Waals surface area contributed by atoms with Gasteiger partial charge in [0.2, 0.25) is 5.91 Å². The van der Waals surface area contributed by atoms with Crippen molar-refractivity contribution in [2.45, 2.75) is 19.5 Å². The van der Waals surface area contributed by atoms with Crippen LogP contribution in [0.3, 0.4) is 0 Å². The summed E-state index contributed by atoms with van der Waals surface area (Å²) < 4.78 is 5.75. The summed E-state index contributed by atoms with van der Waals surface area (Å²) in [7, 11) is 0. The van der Waals surface area contributed by atoms with E-state index in [0.717, 1.165) is 11.3 Å². The van der Waals surface area contributed by atoms with E-state index in [1.807, 2.05) is 31.2 Å². The molecular formula is C18H17Cl3N2O2. The molecule has 0 aromatic heterocycles. The van der Waals surface area contributed by atoms with Gasteiger partial charge in [-0.2, -0.15) is 0 Å². The molecule has 7 heteroatoms. The Labute approximate surface area is 161 Å². The molecule has 0 radical (unpaired) electrons. The highest BCUT2D eigenvalue weighted by molar-refractivity contribution is 6.44. The zero-order valence-corrected chi connectivity index (χ0v) is 15.8. The van der Waals surface area contributed by atoms with Crippen LogP contribution >= 0.6 is 34.8 Å². The quantitative estimate of drug-likeness (QED) is 0.749. The largest absolute Gasteiger partial charge is 0.492 e. The van der Waals surface area contributed by atoms with Crippen LogP contribution in [0.2, 0.25) is 15.1 Å². The lowest BCUT2D eigenvalue weighted by atomic mass is 10.1. The smallest absolute Gasteiger partial charge is 0.241 e. The predicted molar refractivity (Wildman–Crippen MR) is 102 cm³/mol. The molecule has 1 atom stereocenters. The monoisotopic (exact) mass is 398 g/mol. The van der Waals surface area contributed by atoms with Gasteiger partial charge >= 0.3 is 0 Å². The number of carbonyl (C=O) groups excluding carboxylic acids is 1. The summed E-state index contributed by atoms with van der Waals surface area (Å²) >= 11 is 18.1. The van der Waals surface area contributed by atoms with Gasteiger partial charge in [0, 0.05) is 18.7 Å². The Balaban J connectivity index is 1.73.